The van der Waals surface area contributed by atoms with Gasteiger partial charge in [-0.3, -0.25) is 9.59 Å². The van der Waals surface area contributed by atoms with Gasteiger partial charge in [-0.1, -0.05) is 42.5 Å². The minimum atomic E-state index is -0.244. The van der Waals surface area contributed by atoms with E-state index < -0.39 is 0 Å². The lowest BCUT2D eigenvalue weighted by Crippen LogP contribution is -2.40. The van der Waals surface area contributed by atoms with Gasteiger partial charge in [-0.25, -0.2) is 0 Å². The standard InChI is InChI=1S/C29H28N2O4S/c1-19(2)30-28(32)25-13-12-23(35-25)18-34-22-11-10-20-14-15-31(29(33)26-9-6-16-36-26)27(24(20)17-22)21-7-4-3-5-8-21/h3-13,16-17,19,27H,14-15,18H2,1-2H3,(H,30,32). The Morgan fingerprint density at radius 3 is 2.67 bits per heavy atom. The summed E-state index contributed by atoms with van der Waals surface area (Å²) in [5.41, 5.74) is 3.33. The summed E-state index contributed by atoms with van der Waals surface area (Å²) >= 11 is 1.46. The molecule has 36 heavy (non-hydrogen) atoms. The molecule has 2 aromatic carbocycles. The molecule has 1 atom stereocenters. The summed E-state index contributed by atoms with van der Waals surface area (Å²) in [5.74, 6) is 1.31. The van der Waals surface area contributed by atoms with E-state index in [9.17, 15) is 9.59 Å². The fraction of sp³-hybridized carbons (Fsp3) is 0.241. The van der Waals surface area contributed by atoms with Crippen LogP contribution in [0.2, 0.25) is 0 Å². The van der Waals surface area contributed by atoms with Crippen molar-refractivity contribution in [2.75, 3.05) is 6.54 Å². The number of ether oxygens (including phenoxy) is 1. The highest BCUT2D eigenvalue weighted by molar-refractivity contribution is 7.12. The van der Waals surface area contributed by atoms with Crippen LogP contribution in [0, 0.1) is 0 Å². The van der Waals surface area contributed by atoms with Crippen molar-refractivity contribution in [3.8, 4) is 5.75 Å². The van der Waals surface area contributed by atoms with Crippen LogP contribution in [0.25, 0.3) is 0 Å². The lowest BCUT2D eigenvalue weighted by molar-refractivity contribution is 0.0699. The molecule has 0 aliphatic carbocycles. The van der Waals surface area contributed by atoms with Crippen LogP contribution in [0.1, 0.15) is 62.6 Å². The second kappa shape index (κ2) is 10.4. The molecule has 5 rings (SSSR count). The SMILES string of the molecule is CC(C)NC(=O)c1ccc(COc2ccc3c(c2)C(c2ccccc2)N(C(=O)c2cccs2)CC3)o1. The van der Waals surface area contributed by atoms with E-state index in [2.05, 4.69) is 23.5 Å². The fourth-order valence-electron chi connectivity index (χ4n) is 4.50. The van der Waals surface area contributed by atoms with Gasteiger partial charge in [0.1, 0.15) is 18.1 Å². The average molecular weight is 501 g/mol. The molecule has 0 fully saturated rings. The van der Waals surface area contributed by atoms with Gasteiger partial charge in [0.05, 0.1) is 10.9 Å². The molecular formula is C29H28N2O4S. The predicted molar refractivity (Wildman–Crippen MR) is 139 cm³/mol. The van der Waals surface area contributed by atoms with E-state index in [0.717, 1.165) is 22.4 Å². The van der Waals surface area contributed by atoms with E-state index in [0.29, 0.717) is 18.1 Å². The average Bonchev–Trinajstić information content (AvgIpc) is 3.59. The molecule has 1 N–H and O–H groups in total. The Balaban J connectivity index is 1.40. The summed E-state index contributed by atoms with van der Waals surface area (Å²) in [7, 11) is 0. The first-order valence-corrected chi connectivity index (χ1v) is 12.9. The summed E-state index contributed by atoms with van der Waals surface area (Å²) in [6, 6.07) is 23.2. The van der Waals surface area contributed by atoms with Gasteiger partial charge in [0, 0.05) is 12.6 Å². The maximum absolute atomic E-state index is 13.4. The molecule has 2 aromatic heterocycles. The zero-order chi connectivity index (χ0) is 25.1. The molecule has 2 amide bonds. The first-order chi connectivity index (χ1) is 17.5. The highest BCUT2D eigenvalue weighted by atomic mass is 32.1. The maximum atomic E-state index is 13.4. The summed E-state index contributed by atoms with van der Waals surface area (Å²) in [6.07, 6.45) is 0.780. The van der Waals surface area contributed by atoms with E-state index in [-0.39, 0.29) is 36.3 Å². The van der Waals surface area contributed by atoms with Crippen molar-refractivity contribution >= 4 is 23.2 Å². The zero-order valence-electron chi connectivity index (χ0n) is 20.3. The van der Waals surface area contributed by atoms with Crippen molar-refractivity contribution in [1.82, 2.24) is 10.2 Å². The van der Waals surface area contributed by atoms with Crippen molar-refractivity contribution in [3.05, 3.63) is 111 Å². The lowest BCUT2D eigenvalue weighted by atomic mass is 9.88. The molecule has 184 valence electrons. The van der Waals surface area contributed by atoms with Crippen molar-refractivity contribution in [3.63, 3.8) is 0 Å². The van der Waals surface area contributed by atoms with Crippen LogP contribution < -0.4 is 10.1 Å². The molecule has 7 heteroatoms. The Labute approximate surface area is 214 Å². The number of nitrogens with zero attached hydrogens (tertiary/aromatic N) is 1. The van der Waals surface area contributed by atoms with Crippen LogP contribution >= 0.6 is 11.3 Å². The highest BCUT2D eigenvalue weighted by Crippen LogP contribution is 2.38. The number of fused-ring (bicyclic) bond motifs is 1. The minimum Gasteiger partial charge on any atom is -0.486 e. The van der Waals surface area contributed by atoms with Crippen LogP contribution in [-0.4, -0.2) is 29.3 Å². The van der Waals surface area contributed by atoms with E-state index in [1.807, 2.05) is 66.6 Å². The Bertz CT molecular complexity index is 1340. The molecule has 0 saturated heterocycles. The van der Waals surface area contributed by atoms with Gasteiger partial charge in [0.15, 0.2) is 5.76 Å². The first-order valence-electron chi connectivity index (χ1n) is 12.0. The number of furan rings is 1. The number of hydrogen-bond donors (Lipinski definition) is 1. The predicted octanol–water partition coefficient (Wildman–Crippen LogP) is 5.85. The second-order valence-electron chi connectivity index (χ2n) is 9.08. The number of rotatable bonds is 7. The van der Waals surface area contributed by atoms with E-state index in [1.165, 1.54) is 16.9 Å². The van der Waals surface area contributed by atoms with Crippen molar-refractivity contribution in [2.24, 2.45) is 0 Å². The smallest absolute Gasteiger partial charge is 0.287 e. The zero-order valence-corrected chi connectivity index (χ0v) is 21.1. The normalized spacial score (nSPS) is 15.0. The Morgan fingerprint density at radius 2 is 1.92 bits per heavy atom. The van der Waals surface area contributed by atoms with Crippen molar-refractivity contribution in [1.29, 1.82) is 0 Å². The third kappa shape index (κ3) is 5.06. The Hall–Kier alpha value is -3.84. The maximum Gasteiger partial charge on any atom is 0.287 e. The molecule has 0 radical (unpaired) electrons. The molecule has 1 aliphatic heterocycles. The third-order valence-electron chi connectivity index (χ3n) is 6.14. The molecule has 0 spiro atoms. The van der Waals surface area contributed by atoms with Crippen molar-refractivity contribution < 1.29 is 18.7 Å². The molecule has 3 heterocycles. The monoisotopic (exact) mass is 500 g/mol. The molecule has 6 nitrogen and oxygen atoms in total. The van der Waals surface area contributed by atoms with Gasteiger partial charge in [-0.2, -0.15) is 0 Å². The number of hydrogen-bond acceptors (Lipinski definition) is 5. The lowest BCUT2D eigenvalue weighted by Gasteiger charge is -2.37. The molecular weight excluding hydrogens is 472 g/mol. The molecule has 1 aliphatic rings. The van der Waals surface area contributed by atoms with Gasteiger partial charge in [0.2, 0.25) is 0 Å². The van der Waals surface area contributed by atoms with Crippen LogP contribution in [0.15, 0.2) is 82.6 Å². The number of amides is 2. The van der Waals surface area contributed by atoms with Crippen LogP contribution in [0.5, 0.6) is 5.75 Å². The number of carbonyl (C=O) groups excluding carboxylic acids is 2. The van der Waals surface area contributed by atoms with E-state index >= 15 is 0 Å². The molecule has 0 saturated carbocycles. The summed E-state index contributed by atoms with van der Waals surface area (Å²) in [4.78, 5) is 28.3. The van der Waals surface area contributed by atoms with E-state index in [4.69, 9.17) is 9.15 Å². The van der Waals surface area contributed by atoms with E-state index in [1.54, 1.807) is 12.1 Å². The van der Waals surface area contributed by atoms with Crippen molar-refractivity contribution in [2.45, 2.75) is 39.0 Å². The first kappa shape index (κ1) is 23.9. The molecule has 0 bridgehead atoms. The van der Waals surface area contributed by atoms with Gasteiger partial charge < -0.3 is 19.4 Å². The quantitative estimate of drug-likeness (QED) is 0.346. The Morgan fingerprint density at radius 1 is 1.08 bits per heavy atom. The van der Waals surface area contributed by atoms with Crippen LogP contribution in [0.4, 0.5) is 0 Å². The van der Waals surface area contributed by atoms with Gasteiger partial charge in [-0.15, -0.1) is 11.3 Å². The van der Waals surface area contributed by atoms with Gasteiger partial charge >= 0.3 is 0 Å². The second-order valence-corrected chi connectivity index (χ2v) is 10.0. The fourth-order valence-corrected chi connectivity index (χ4v) is 5.18. The summed E-state index contributed by atoms with van der Waals surface area (Å²) < 4.78 is 11.7. The van der Waals surface area contributed by atoms with Gasteiger partial charge in [-0.05, 0) is 72.7 Å². The summed E-state index contributed by atoms with van der Waals surface area (Å²) in [6.45, 7) is 4.65. The summed E-state index contributed by atoms with van der Waals surface area (Å²) in [5, 5.41) is 4.75. The largest absolute Gasteiger partial charge is 0.486 e. The molecule has 4 aromatic rings. The number of thiophene rings is 1. The number of benzene rings is 2. The molecule has 1 unspecified atom stereocenters. The van der Waals surface area contributed by atoms with Crippen LogP contribution in [-0.2, 0) is 13.0 Å². The topological polar surface area (TPSA) is 71.8 Å². The Kier molecular flexibility index (Phi) is 6.91. The third-order valence-corrected chi connectivity index (χ3v) is 7.00. The number of carbonyl (C=O) groups is 2. The number of nitrogens with one attached hydrogen (secondary N) is 1. The highest BCUT2D eigenvalue weighted by Gasteiger charge is 2.33. The van der Waals surface area contributed by atoms with Gasteiger partial charge in [0.25, 0.3) is 11.8 Å². The van der Waals surface area contributed by atoms with Crippen LogP contribution in [0.3, 0.4) is 0 Å². The minimum absolute atomic E-state index is 0.0293.